The van der Waals surface area contributed by atoms with Gasteiger partial charge in [0.1, 0.15) is 0 Å². The van der Waals surface area contributed by atoms with E-state index < -0.39 is 0 Å². The fraction of sp³-hybridized carbons (Fsp3) is 0.684. The van der Waals surface area contributed by atoms with Crippen LogP contribution in [0.1, 0.15) is 63.2 Å². The molecule has 0 bridgehead atoms. The Morgan fingerprint density at radius 2 is 1.95 bits per heavy atom. The topological polar surface area (TPSA) is 29.5 Å². The summed E-state index contributed by atoms with van der Waals surface area (Å²) in [6, 6.07) is 8.59. The molecule has 1 heterocycles. The average Bonchev–Trinajstić information content (AvgIpc) is 2.45. The molecule has 1 aliphatic heterocycles. The summed E-state index contributed by atoms with van der Waals surface area (Å²) in [5.74, 6) is 1.03. The SMILES string of the molecule is CC(C)Cc1ccc(C(O)C2CCOC3(CCC3)C2)cc1. The zero-order chi connectivity index (χ0) is 14.9. The Balaban J connectivity index is 1.65. The van der Waals surface area contributed by atoms with Gasteiger partial charge in [-0.25, -0.2) is 0 Å². The lowest BCUT2D eigenvalue weighted by atomic mass is 9.70. The zero-order valence-corrected chi connectivity index (χ0v) is 13.3. The van der Waals surface area contributed by atoms with Crippen molar-refractivity contribution in [2.45, 2.75) is 64.1 Å². The lowest BCUT2D eigenvalue weighted by Crippen LogP contribution is -2.46. The maximum atomic E-state index is 10.7. The molecule has 3 rings (SSSR count). The third-order valence-electron chi connectivity index (χ3n) is 5.21. The first kappa shape index (κ1) is 15.1. The Morgan fingerprint density at radius 3 is 2.52 bits per heavy atom. The molecule has 1 N–H and O–H groups in total. The van der Waals surface area contributed by atoms with E-state index in [-0.39, 0.29) is 11.7 Å². The van der Waals surface area contributed by atoms with Gasteiger partial charge in [-0.05, 0) is 61.5 Å². The molecule has 2 atom stereocenters. The van der Waals surface area contributed by atoms with Crippen LogP contribution in [0.5, 0.6) is 0 Å². The van der Waals surface area contributed by atoms with Crippen LogP contribution in [0.2, 0.25) is 0 Å². The summed E-state index contributed by atoms with van der Waals surface area (Å²) >= 11 is 0. The second-order valence-corrected chi connectivity index (χ2v) is 7.42. The Hall–Kier alpha value is -0.860. The number of hydrogen-bond donors (Lipinski definition) is 1. The summed E-state index contributed by atoms with van der Waals surface area (Å²) in [6.45, 7) is 5.29. The Bertz CT molecular complexity index is 459. The van der Waals surface area contributed by atoms with E-state index in [0.29, 0.717) is 11.8 Å². The van der Waals surface area contributed by atoms with E-state index in [4.69, 9.17) is 4.74 Å². The van der Waals surface area contributed by atoms with E-state index in [1.807, 2.05) is 0 Å². The van der Waals surface area contributed by atoms with Gasteiger partial charge in [0.2, 0.25) is 0 Å². The van der Waals surface area contributed by atoms with Gasteiger partial charge in [-0.3, -0.25) is 0 Å². The summed E-state index contributed by atoms with van der Waals surface area (Å²) in [4.78, 5) is 0. The molecule has 0 radical (unpaired) electrons. The second-order valence-electron chi connectivity index (χ2n) is 7.42. The maximum absolute atomic E-state index is 10.7. The summed E-state index contributed by atoms with van der Waals surface area (Å²) in [7, 11) is 0. The first-order valence-electron chi connectivity index (χ1n) is 8.49. The molecule has 2 unspecified atom stereocenters. The van der Waals surface area contributed by atoms with Gasteiger partial charge in [0.25, 0.3) is 0 Å². The first-order chi connectivity index (χ1) is 10.1. The quantitative estimate of drug-likeness (QED) is 0.896. The van der Waals surface area contributed by atoms with Crippen LogP contribution in [0.25, 0.3) is 0 Å². The van der Waals surface area contributed by atoms with Crippen molar-refractivity contribution < 1.29 is 9.84 Å². The monoisotopic (exact) mass is 288 g/mol. The standard InChI is InChI=1S/C19H28O2/c1-14(2)12-15-4-6-16(7-5-15)18(20)17-8-11-21-19(13-17)9-3-10-19/h4-7,14,17-18,20H,3,8-13H2,1-2H3. The van der Waals surface area contributed by atoms with Gasteiger partial charge in [0.15, 0.2) is 0 Å². The first-order valence-corrected chi connectivity index (χ1v) is 8.49. The van der Waals surface area contributed by atoms with Crippen LogP contribution in [0, 0.1) is 11.8 Å². The van der Waals surface area contributed by atoms with Gasteiger partial charge < -0.3 is 9.84 Å². The van der Waals surface area contributed by atoms with Crippen LogP contribution in [0.3, 0.4) is 0 Å². The molecule has 1 aromatic carbocycles. The van der Waals surface area contributed by atoms with Gasteiger partial charge in [0, 0.05) is 6.61 Å². The van der Waals surface area contributed by atoms with Crippen LogP contribution in [-0.2, 0) is 11.2 Å². The van der Waals surface area contributed by atoms with E-state index in [1.54, 1.807) is 0 Å². The van der Waals surface area contributed by atoms with Crippen LogP contribution in [-0.4, -0.2) is 17.3 Å². The summed E-state index contributed by atoms with van der Waals surface area (Å²) in [5.41, 5.74) is 2.55. The summed E-state index contributed by atoms with van der Waals surface area (Å²) in [5, 5.41) is 10.7. The molecule has 2 aliphatic rings. The highest BCUT2D eigenvalue weighted by atomic mass is 16.5. The molecule has 1 spiro atoms. The number of benzene rings is 1. The molecule has 1 saturated heterocycles. The van der Waals surface area contributed by atoms with Crippen molar-refractivity contribution in [2.24, 2.45) is 11.8 Å². The molecular formula is C19H28O2. The van der Waals surface area contributed by atoms with Crippen molar-refractivity contribution in [2.75, 3.05) is 6.61 Å². The number of ether oxygens (including phenoxy) is 1. The minimum atomic E-state index is -0.334. The van der Waals surface area contributed by atoms with E-state index in [1.165, 1.54) is 24.8 Å². The fourth-order valence-corrected chi connectivity index (χ4v) is 3.85. The van der Waals surface area contributed by atoms with Crippen LogP contribution >= 0.6 is 0 Å². The van der Waals surface area contributed by atoms with Gasteiger partial charge in [-0.15, -0.1) is 0 Å². The molecule has 0 amide bonds. The molecule has 1 aliphatic carbocycles. The van der Waals surface area contributed by atoms with Crippen molar-refractivity contribution in [1.29, 1.82) is 0 Å². The van der Waals surface area contributed by atoms with Crippen molar-refractivity contribution in [1.82, 2.24) is 0 Å². The number of aliphatic hydroxyl groups excluding tert-OH is 1. The van der Waals surface area contributed by atoms with Crippen molar-refractivity contribution in [3.8, 4) is 0 Å². The zero-order valence-electron chi connectivity index (χ0n) is 13.3. The van der Waals surface area contributed by atoms with Gasteiger partial charge in [-0.1, -0.05) is 38.1 Å². The van der Waals surface area contributed by atoms with Crippen LogP contribution in [0.4, 0.5) is 0 Å². The van der Waals surface area contributed by atoms with Crippen molar-refractivity contribution >= 4 is 0 Å². The molecule has 2 heteroatoms. The number of aliphatic hydroxyl groups is 1. The number of hydrogen-bond acceptors (Lipinski definition) is 2. The maximum Gasteiger partial charge on any atom is 0.0820 e. The summed E-state index contributed by atoms with van der Waals surface area (Å²) in [6.07, 6.45) is 6.44. The largest absolute Gasteiger partial charge is 0.388 e. The summed E-state index contributed by atoms with van der Waals surface area (Å²) < 4.78 is 5.97. The highest BCUT2D eigenvalue weighted by Gasteiger charge is 2.44. The van der Waals surface area contributed by atoms with Gasteiger partial charge in [-0.2, -0.15) is 0 Å². The normalized spacial score (nSPS) is 25.8. The van der Waals surface area contributed by atoms with Crippen LogP contribution in [0.15, 0.2) is 24.3 Å². The highest BCUT2D eigenvalue weighted by Crippen LogP contribution is 2.47. The number of rotatable bonds is 4. The Labute approximate surface area is 128 Å². The average molecular weight is 288 g/mol. The molecule has 21 heavy (non-hydrogen) atoms. The van der Waals surface area contributed by atoms with E-state index in [9.17, 15) is 5.11 Å². The molecule has 116 valence electrons. The highest BCUT2D eigenvalue weighted by molar-refractivity contribution is 5.25. The molecule has 2 nitrogen and oxygen atoms in total. The molecule has 0 aromatic heterocycles. The van der Waals surface area contributed by atoms with Crippen molar-refractivity contribution in [3.63, 3.8) is 0 Å². The molecule has 1 aromatic rings. The van der Waals surface area contributed by atoms with E-state index >= 15 is 0 Å². The predicted octanol–water partition coefficient (Wildman–Crippen LogP) is 4.27. The third-order valence-corrected chi connectivity index (χ3v) is 5.21. The van der Waals surface area contributed by atoms with Gasteiger partial charge in [0.05, 0.1) is 11.7 Å². The van der Waals surface area contributed by atoms with Gasteiger partial charge >= 0.3 is 0 Å². The smallest absolute Gasteiger partial charge is 0.0820 e. The fourth-order valence-electron chi connectivity index (χ4n) is 3.85. The molecular weight excluding hydrogens is 260 g/mol. The Morgan fingerprint density at radius 1 is 1.24 bits per heavy atom. The van der Waals surface area contributed by atoms with Crippen molar-refractivity contribution in [3.05, 3.63) is 35.4 Å². The minimum Gasteiger partial charge on any atom is -0.388 e. The lowest BCUT2D eigenvalue weighted by molar-refractivity contribution is -0.157. The second kappa shape index (κ2) is 6.10. The lowest BCUT2D eigenvalue weighted by Gasteiger charge is -2.48. The molecule has 1 saturated carbocycles. The third kappa shape index (κ3) is 3.32. The predicted molar refractivity (Wildman–Crippen MR) is 85.2 cm³/mol. The molecule has 2 fully saturated rings. The van der Waals surface area contributed by atoms with E-state index in [2.05, 4.69) is 38.1 Å². The van der Waals surface area contributed by atoms with Crippen LogP contribution < -0.4 is 0 Å². The van der Waals surface area contributed by atoms with E-state index in [0.717, 1.165) is 31.4 Å². The Kier molecular flexibility index (Phi) is 4.37. The minimum absolute atomic E-state index is 0.113.